The Labute approximate surface area is 130 Å². The van der Waals surface area contributed by atoms with Gasteiger partial charge in [-0.3, -0.25) is 4.79 Å². The lowest BCUT2D eigenvalue weighted by atomic mass is 9.97. The number of hydrogen-bond acceptors (Lipinski definition) is 3. The van der Waals surface area contributed by atoms with Gasteiger partial charge in [0, 0.05) is 3.57 Å². The molecule has 1 aliphatic rings. The average Bonchev–Trinajstić information content (AvgIpc) is 2.88. The second-order valence-corrected chi connectivity index (χ2v) is 6.06. The molecule has 0 unspecified atom stereocenters. The maximum absolute atomic E-state index is 12.3. The summed E-state index contributed by atoms with van der Waals surface area (Å²) in [6.45, 7) is 0. The maximum atomic E-state index is 12.3. The van der Waals surface area contributed by atoms with Gasteiger partial charge in [-0.1, -0.05) is 12.8 Å². The lowest BCUT2D eigenvalue weighted by molar-refractivity contribution is -0.144. The zero-order valence-electron chi connectivity index (χ0n) is 11.1. The van der Waals surface area contributed by atoms with E-state index in [4.69, 9.17) is 4.74 Å². The minimum Gasteiger partial charge on any atom is -0.497 e. The molecular weight excluding hydrogens is 373 g/mol. The molecule has 2 rings (SSSR count). The molecule has 0 aromatic heterocycles. The average molecular weight is 389 g/mol. The van der Waals surface area contributed by atoms with Gasteiger partial charge < -0.3 is 15.2 Å². The number of nitrogens with one attached hydrogen (secondary N) is 1. The van der Waals surface area contributed by atoms with Gasteiger partial charge in [-0.15, -0.1) is 0 Å². The predicted molar refractivity (Wildman–Crippen MR) is 82.0 cm³/mol. The fourth-order valence-corrected chi connectivity index (χ4v) is 3.19. The second kappa shape index (κ2) is 5.99. The van der Waals surface area contributed by atoms with E-state index in [1.165, 1.54) is 0 Å². The Morgan fingerprint density at radius 3 is 2.50 bits per heavy atom. The molecule has 1 aromatic rings. The molecule has 1 fully saturated rings. The minimum atomic E-state index is -1.11. The SMILES string of the molecule is COc1ccc(C(=O)NC2(C(=O)O)CCCC2)c(I)c1. The van der Waals surface area contributed by atoms with Crippen LogP contribution in [-0.4, -0.2) is 29.6 Å². The van der Waals surface area contributed by atoms with E-state index in [2.05, 4.69) is 5.32 Å². The van der Waals surface area contributed by atoms with Gasteiger partial charge >= 0.3 is 5.97 Å². The van der Waals surface area contributed by atoms with Crippen molar-refractivity contribution in [1.82, 2.24) is 5.32 Å². The first kappa shape index (κ1) is 15.1. The quantitative estimate of drug-likeness (QED) is 0.776. The number of hydrogen-bond donors (Lipinski definition) is 2. The third kappa shape index (κ3) is 2.89. The van der Waals surface area contributed by atoms with E-state index in [9.17, 15) is 14.7 Å². The van der Waals surface area contributed by atoms with Crippen LogP contribution in [0.3, 0.4) is 0 Å². The molecule has 1 saturated carbocycles. The number of benzene rings is 1. The van der Waals surface area contributed by atoms with Crippen molar-refractivity contribution in [2.45, 2.75) is 31.2 Å². The summed E-state index contributed by atoms with van der Waals surface area (Å²) in [4.78, 5) is 23.7. The molecule has 1 aliphatic carbocycles. The zero-order chi connectivity index (χ0) is 14.8. The first-order valence-corrected chi connectivity index (χ1v) is 7.46. The van der Waals surface area contributed by atoms with E-state index in [0.29, 0.717) is 24.2 Å². The first-order chi connectivity index (χ1) is 9.48. The Bertz CT molecular complexity index is 538. The maximum Gasteiger partial charge on any atom is 0.329 e. The van der Waals surface area contributed by atoms with Crippen molar-refractivity contribution in [3.05, 3.63) is 27.3 Å². The van der Waals surface area contributed by atoms with Crippen LogP contribution in [0.4, 0.5) is 0 Å². The number of carboxylic acids is 1. The van der Waals surface area contributed by atoms with Crippen LogP contribution in [0.15, 0.2) is 18.2 Å². The van der Waals surface area contributed by atoms with Crippen molar-refractivity contribution in [2.24, 2.45) is 0 Å². The Kier molecular flexibility index (Phi) is 4.52. The highest BCUT2D eigenvalue weighted by molar-refractivity contribution is 14.1. The predicted octanol–water partition coefficient (Wildman–Crippen LogP) is 2.43. The highest BCUT2D eigenvalue weighted by Crippen LogP contribution is 2.30. The molecule has 2 N–H and O–H groups in total. The number of ether oxygens (including phenoxy) is 1. The van der Waals surface area contributed by atoms with Crippen LogP contribution >= 0.6 is 22.6 Å². The lowest BCUT2D eigenvalue weighted by Gasteiger charge is -2.25. The molecule has 0 heterocycles. The van der Waals surface area contributed by atoms with E-state index in [0.717, 1.165) is 16.4 Å². The van der Waals surface area contributed by atoms with Gasteiger partial charge in [-0.2, -0.15) is 0 Å². The summed E-state index contributed by atoms with van der Waals surface area (Å²) in [5.74, 6) is -0.631. The molecule has 0 aliphatic heterocycles. The summed E-state index contributed by atoms with van der Waals surface area (Å²) in [6.07, 6.45) is 2.63. The third-order valence-corrected chi connectivity index (χ3v) is 4.53. The number of carbonyl (C=O) groups is 2. The minimum absolute atomic E-state index is 0.346. The smallest absolute Gasteiger partial charge is 0.329 e. The first-order valence-electron chi connectivity index (χ1n) is 6.38. The van der Waals surface area contributed by atoms with Crippen LogP contribution in [-0.2, 0) is 4.79 Å². The van der Waals surface area contributed by atoms with Crippen molar-refractivity contribution in [2.75, 3.05) is 7.11 Å². The molecule has 0 bridgehead atoms. The van der Waals surface area contributed by atoms with E-state index < -0.39 is 11.5 Å². The summed E-state index contributed by atoms with van der Waals surface area (Å²) in [5.41, 5.74) is -0.640. The third-order valence-electron chi connectivity index (χ3n) is 3.64. The van der Waals surface area contributed by atoms with Crippen LogP contribution in [0.1, 0.15) is 36.0 Å². The normalized spacial score (nSPS) is 16.7. The van der Waals surface area contributed by atoms with E-state index in [1.54, 1.807) is 25.3 Å². The van der Waals surface area contributed by atoms with E-state index in [-0.39, 0.29) is 5.91 Å². The van der Waals surface area contributed by atoms with Gasteiger partial charge in [-0.25, -0.2) is 4.79 Å². The van der Waals surface area contributed by atoms with Crippen molar-refractivity contribution in [3.8, 4) is 5.75 Å². The van der Waals surface area contributed by atoms with Gasteiger partial charge in [0.2, 0.25) is 0 Å². The van der Waals surface area contributed by atoms with Gasteiger partial charge in [-0.05, 0) is 53.6 Å². The summed E-state index contributed by atoms with van der Waals surface area (Å²) in [7, 11) is 1.56. The molecular formula is C14H16INO4. The van der Waals surface area contributed by atoms with Crippen LogP contribution in [0.5, 0.6) is 5.75 Å². The number of rotatable bonds is 4. The molecule has 5 nitrogen and oxygen atoms in total. The fourth-order valence-electron chi connectivity index (χ4n) is 2.46. The Hall–Kier alpha value is -1.31. The highest BCUT2D eigenvalue weighted by atomic mass is 127. The van der Waals surface area contributed by atoms with Crippen molar-refractivity contribution < 1.29 is 19.4 Å². The summed E-state index contributed by atoms with van der Waals surface area (Å²) in [6, 6.07) is 5.09. The highest BCUT2D eigenvalue weighted by Gasteiger charge is 2.42. The molecule has 0 saturated heterocycles. The summed E-state index contributed by atoms with van der Waals surface area (Å²) < 4.78 is 5.82. The van der Waals surface area contributed by atoms with Crippen molar-refractivity contribution >= 4 is 34.5 Å². The molecule has 1 amide bonds. The van der Waals surface area contributed by atoms with Gasteiger partial charge in [0.05, 0.1) is 12.7 Å². The monoisotopic (exact) mass is 389 g/mol. The van der Waals surface area contributed by atoms with Gasteiger partial charge in [0.15, 0.2) is 0 Å². The van der Waals surface area contributed by atoms with Gasteiger partial charge in [0.25, 0.3) is 5.91 Å². The molecule has 0 spiro atoms. The van der Waals surface area contributed by atoms with Crippen LogP contribution < -0.4 is 10.1 Å². The number of carboxylic acid groups (broad SMARTS) is 1. The fraction of sp³-hybridized carbons (Fsp3) is 0.429. The molecule has 108 valence electrons. The summed E-state index contributed by atoms with van der Waals surface area (Å²) in [5, 5.41) is 12.1. The number of carbonyl (C=O) groups excluding carboxylic acids is 1. The van der Waals surface area contributed by atoms with Crippen LogP contribution in [0.25, 0.3) is 0 Å². The number of amides is 1. The number of aliphatic carboxylic acids is 1. The Balaban J connectivity index is 2.21. The Morgan fingerprint density at radius 2 is 2.00 bits per heavy atom. The standard InChI is InChI=1S/C14H16INO4/c1-20-9-4-5-10(11(15)8-9)12(17)16-14(13(18)19)6-2-3-7-14/h4-5,8H,2-3,6-7H2,1H3,(H,16,17)(H,18,19). The zero-order valence-corrected chi connectivity index (χ0v) is 13.3. The molecule has 0 radical (unpaired) electrons. The molecule has 6 heteroatoms. The largest absolute Gasteiger partial charge is 0.497 e. The molecule has 1 aromatic carbocycles. The lowest BCUT2D eigenvalue weighted by Crippen LogP contribution is -2.52. The molecule has 0 atom stereocenters. The van der Waals surface area contributed by atoms with E-state index in [1.807, 2.05) is 22.6 Å². The topological polar surface area (TPSA) is 75.6 Å². The van der Waals surface area contributed by atoms with Crippen molar-refractivity contribution in [3.63, 3.8) is 0 Å². The molecule has 20 heavy (non-hydrogen) atoms. The van der Waals surface area contributed by atoms with Crippen molar-refractivity contribution in [1.29, 1.82) is 0 Å². The van der Waals surface area contributed by atoms with Gasteiger partial charge in [0.1, 0.15) is 11.3 Å². The number of halogens is 1. The van der Waals surface area contributed by atoms with Crippen LogP contribution in [0, 0.1) is 3.57 Å². The number of methoxy groups -OCH3 is 1. The second-order valence-electron chi connectivity index (χ2n) is 4.89. The van der Waals surface area contributed by atoms with Crippen LogP contribution in [0.2, 0.25) is 0 Å². The van der Waals surface area contributed by atoms with E-state index >= 15 is 0 Å². The summed E-state index contributed by atoms with van der Waals surface area (Å²) >= 11 is 2.04. The Morgan fingerprint density at radius 1 is 1.35 bits per heavy atom.